The second kappa shape index (κ2) is 10.9. The maximum atomic E-state index is 8.82. The Morgan fingerprint density at radius 1 is 0.480 bits per heavy atom. The van der Waals surface area contributed by atoms with Crippen LogP contribution in [0.2, 0.25) is 0 Å². The molecule has 10 rings (SSSR count). The minimum atomic E-state index is -2.86. The van der Waals surface area contributed by atoms with Crippen LogP contribution in [0.4, 0.5) is 0 Å². The van der Waals surface area contributed by atoms with Crippen molar-refractivity contribution in [2.75, 3.05) is 0 Å². The van der Waals surface area contributed by atoms with Crippen molar-refractivity contribution >= 4 is 32.6 Å². The summed E-state index contributed by atoms with van der Waals surface area (Å²) in [7, 11) is 0. The molecule has 8 aromatic carbocycles. The van der Waals surface area contributed by atoms with Crippen LogP contribution in [0.15, 0.2) is 170 Å². The number of aromatic nitrogens is 2. The highest BCUT2D eigenvalue weighted by molar-refractivity contribution is 6.22. The Labute approximate surface area is 300 Å². The molecule has 0 N–H and O–H groups in total. The number of para-hydroxylation sites is 3. The number of imidazole rings is 1. The van der Waals surface area contributed by atoms with Crippen LogP contribution in [0, 0.1) is 0 Å². The Morgan fingerprint density at radius 2 is 1.06 bits per heavy atom. The lowest BCUT2D eigenvalue weighted by molar-refractivity contribution is 0.660. The van der Waals surface area contributed by atoms with Crippen molar-refractivity contribution in [1.82, 2.24) is 9.55 Å². The normalized spacial score (nSPS) is 15.4. The molecule has 0 atom stereocenters. The third kappa shape index (κ3) is 4.12. The van der Waals surface area contributed by atoms with Crippen LogP contribution in [0.25, 0.3) is 83.0 Å². The molecule has 0 unspecified atom stereocenters. The van der Waals surface area contributed by atoms with Crippen LogP contribution < -0.4 is 0 Å². The van der Waals surface area contributed by atoms with Gasteiger partial charge in [-0.05, 0) is 84.8 Å². The maximum Gasteiger partial charge on any atom is 0.145 e. The van der Waals surface area contributed by atoms with Crippen molar-refractivity contribution in [3.63, 3.8) is 0 Å². The molecule has 236 valence electrons. The highest BCUT2D eigenvalue weighted by Gasteiger charge is 2.35. The van der Waals surface area contributed by atoms with E-state index in [4.69, 9.17) is 13.2 Å². The maximum absolute atomic E-state index is 8.82. The van der Waals surface area contributed by atoms with E-state index in [-0.39, 0.29) is 0 Å². The summed E-state index contributed by atoms with van der Waals surface area (Å²) >= 11 is 0. The molecule has 0 amide bonds. The largest absolute Gasteiger partial charge is 0.292 e. The molecule has 50 heavy (non-hydrogen) atoms. The molecule has 0 fully saturated rings. The Kier molecular flexibility index (Phi) is 5.04. The Hall–Kier alpha value is -6.25. The van der Waals surface area contributed by atoms with Gasteiger partial charge in [0.15, 0.2) is 0 Å². The second-order valence-electron chi connectivity index (χ2n) is 13.0. The van der Waals surface area contributed by atoms with Crippen molar-refractivity contribution in [2.24, 2.45) is 0 Å². The highest BCUT2D eigenvalue weighted by atomic mass is 15.1. The molecule has 0 radical (unpaired) electrons. The first kappa shape index (κ1) is 23.2. The Bertz CT molecular complexity index is 2940. The number of fused-ring (bicyclic) bond motifs is 6. The molecule has 0 aliphatic heterocycles. The monoisotopic (exact) mass is 644 g/mol. The van der Waals surface area contributed by atoms with E-state index in [2.05, 4.69) is 71.3 Å². The average molecular weight is 645 g/mol. The second-order valence-corrected chi connectivity index (χ2v) is 13.0. The van der Waals surface area contributed by atoms with Crippen molar-refractivity contribution in [2.45, 2.75) is 19.1 Å². The van der Waals surface area contributed by atoms with Crippen LogP contribution >= 0.6 is 0 Å². The fourth-order valence-electron chi connectivity index (χ4n) is 8.10. The molecule has 2 heteroatoms. The summed E-state index contributed by atoms with van der Waals surface area (Å²) in [6, 6.07) is 56.3. The molecule has 9 aromatic rings. The van der Waals surface area contributed by atoms with Crippen LogP contribution in [0.5, 0.6) is 0 Å². The van der Waals surface area contributed by atoms with Gasteiger partial charge in [-0.15, -0.1) is 0 Å². The molecule has 0 saturated heterocycles. The summed E-state index contributed by atoms with van der Waals surface area (Å²) in [5.41, 5.74) is 7.35. The van der Waals surface area contributed by atoms with Crippen LogP contribution in [0.3, 0.4) is 0 Å². The van der Waals surface area contributed by atoms with E-state index in [1.165, 1.54) is 0 Å². The van der Waals surface area contributed by atoms with E-state index in [9.17, 15) is 0 Å². The lowest BCUT2D eigenvalue weighted by Crippen LogP contribution is -2.14. The predicted octanol–water partition coefficient (Wildman–Crippen LogP) is 12.6. The fourth-order valence-corrected chi connectivity index (χ4v) is 8.10. The van der Waals surface area contributed by atoms with Gasteiger partial charge < -0.3 is 0 Å². The van der Waals surface area contributed by atoms with Crippen molar-refractivity contribution in [1.29, 1.82) is 0 Å². The third-order valence-electron chi connectivity index (χ3n) is 10.3. The third-order valence-corrected chi connectivity index (χ3v) is 10.3. The SMILES string of the molecule is [2H]C([2H])([2H])C1(C([2H])([2H])[2H])c2ccccc2-c2ccc(-c3c4ccccc4c(-c4ccccc4-n4c(-c5ccccc5)nc5ccccc54)c4ccccc34)cc21. The van der Waals surface area contributed by atoms with Gasteiger partial charge in [-0.25, -0.2) is 4.98 Å². The Balaban J connectivity index is 1.28. The van der Waals surface area contributed by atoms with E-state index in [1.807, 2.05) is 91.0 Å². The van der Waals surface area contributed by atoms with Gasteiger partial charge in [0.25, 0.3) is 0 Å². The molecule has 1 heterocycles. The zero-order chi connectivity index (χ0) is 38.4. The van der Waals surface area contributed by atoms with Gasteiger partial charge in [-0.1, -0.05) is 159 Å². The first-order valence-electron chi connectivity index (χ1n) is 19.9. The predicted molar refractivity (Wildman–Crippen MR) is 210 cm³/mol. The molecule has 1 aliphatic rings. The zero-order valence-electron chi connectivity index (χ0n) is 33.1. The Morgan fingerprint density at radius 3 is 1.80 bits per heavy atom. The minimum absolute atomic E-state index is 0.305. The molecule has 2 nitrogen and oxygen atoms in total. The molecule has 1 aliphatic carbocycles. The summed E-state index contributed by atoms with van der Waals surface area (Å²) in [5.74, 6) is 0.843. The highest BCUT2D eigenvalue weighted by Crippen LogP contribution is 2.51. The standard InChI is InChI=1S/C48H34N2/c1-48(2)40-24-12-10-18-33(40)34-29-28-32(30-41(34)48)45-35-19-6-8-21-37(35)46(38-22-9-7-20-36(38)45)39-23-11-14-26-43(39)50-44-27-15-13-25-42(44)49-47(50)31-16-4-3-5-17-31/h3-30H,1-2H3/i1D3,2D3. The van der Waals surface area contributed by atoms with E-state index in [0.717, 1.165) is 71.9 Å². The van der Waals surface area contributed by atoms with E-state index in [1.54, 1.807) is 12.1 Å². The van der Waals surface area contributed by atoms with Crippen molar-refractivity contribution in [3.8, 4) is 50.5 Å². The summed E-state index contributed by atoms with van der Waals surface area (Å²) < 4.78 is 55.2. The molecule has 1 aromatic heterocycles. The first-order valence-corrected chi connectivity index (χ1v) is 16.9. The van der Waals surface area contributed by atoms with E-state index >= 15 is 0 Å². The topological polar surface area (TPSA) is 17.8 Å². The summed E-state index contributed by atoms with van der Waals surface area (Å²) in [6.07, 6.45) is 0. The van der Waals surface area contributed by atoms with Crippen molar-refractivity contribution < 1.29 is 8.22 Å². The zero-order valence-corrected chi connectivity index (χ0v) is 27.1. The lowest BCUT2D eigenvalue weighted by Gasteiger charge is -2.23. The van der Waals surface area contributed by atoms with Crippen LogP contribution in [-0.2, 0) is 5.41 Å². The number of hydrogen-bond donors (Lipinski definition) is 0. The van der Waals surface area contributed by atoms with Gasteiger partial charge in [-0.3, -0.25) is 4.57 Å². The molecule has 0 bridgehead atoms. The van der Waals surface area contributed by atoms with E-state index in [0.29, 0.717) is 22.3 Å². The minimum Gasteiger partial charge on any atom is -0.292 e. The summed E-state index contributed by atoms with van der Waals surface area (Å²) in [6.45, 7) is -5.71. The van der Waals surface area contributed by atoms with Gasteiger partial charge in [0, 0.05) is 24.8 Å². The van der Waals surface area contributed by atoms with Crippen molar-refractivity contribution in [3.05, 3.63) is 181 Å². The van der Waals surface area contributed by atoms with Gasteiger partial charge in [0.2, 0.25) is 0 Å². The number of rotatable bonds is 4. The number of nitrogens with zero attached hydrogens (tertiary/aromatic N) is 2. The summed E-state index contributed by atoms with van der Waals surface area (Å²) in [5, 5.41) is 3.97. The van der Waals surface area contributed by atoms with Gasteiger partial charge in [-0.2, -0.15) is 0 Å². The first-order chi connectivity index (χ1) is 27.1. The molecular weight excluding hydrogens is 605 g/mol. The van der Waals surface area contributed by atoms with E-state index < -0.39 is 19.1 Å². The molecular formula is C48H34N2. The lowest BCUT2D eigenvalue weighted by atomic mass is 9.80. The van der Waals surface area contributed by atoms with Gasteiger partial charge in [0.1, 0.15) is 5.82 Å². The quantitative estimate of drug-likeness (QED) is 0.174. The van der Waals surface area contributed by atoms with Crippen LogP contribution in [0.1, 0.15) is 33.1 Å². The molecule has 0 saturated carbocycles. The number of hydrogen-bond acceptors (Lipinski definition) is 1. The molecule has 0 spiro atoms. The number of benzene rings is 8. The van der Waals surface area contributed by atoms with Gasteiger partial charge in [0.05, 0.1) is 16.7 Å². The smallest absolute Gasteiger partial charge is 0.145 e. The van der Waals surface area contributed by atoms with Gasteiger partial charge >= 0.3 is 0 Å². The average Bonchev–Trinajstić information content (AvgIpc) is 3.74. The summed E-state index contributed by atoms with van der Waals surface area (Å²) in [4.78, 5) is 5.14. The van der Waals surface area contributed by atoms with Crippen LogP contribution in [-0.4, -0.2) is 9.55 Å². The fraction of sp³-hybridized carbons (Fsp3) is 0.0625.